The summed E-state index contributed by atoms with van der Waals surface area (Å²) >= 11 is 14.6. The molecule has 0 atom stereocenters. The highest BCUT2D eigenvalue weighted by Crippen LogP contribution is 2.23. The molecule has 0 radical (unpaired) electrons. The minimum atomic E-state index is -0.434. The van der Waals surface area contributed by atoms with Gasteiger partial charge in [-0.05, 0) is 67.2 Å². The van der Waals surface area contributed by atoms with E-state index in [2.05, 4.69) is 31.8 Å². The number of hydrogen-bond donors (Lipinski definition) is 2. The minimum Gasteiger partial charge on any atom is -0.422 e. The molecule has 2 N–H and O–H groups in total. The van der Waals surface area contributed by atoms with Crippen LogP contribution in [0.3, 0.4) is 0 Å². The van der Waals surface area contributed by atoms with Gasteiger partial charge in [0.05, 0.1) is 11.8 Å². The Labute approximate surface area is 193 Å². The van der Waals surface area contributed by atoms with Crippen molar-refractivity contribution in [2.75, 3.05) is 5.32 Å². The second kappa shape index (κ2) is 10.3. The molecule has 152 valence electrons. The van der Waals surface area contributed by atoms with E-state index in [0.717, 1.165) is 15.7 Å². The van der Waals surface area contributed by atoms with Gasteiger partial charge in [-0.15, -0.1) is 0 Å². The van der Waals surface area contributed by atoms with E-state index >= 15 is 0 Å². The van der Waals surface area contributed by atoms with Crippen molar-refractivity contribution in [2.24, 2.45) is 5.10 Å². The highest BCUT2D eigenvalue weighted by atomic mass is 79.9. The summed E-state index contributed by atoms with van der Waals surface area (Å²) in [4.78, 5) is 12.5. The SMILES string of the molecule is Cc1ccccc1C(=O)Oc1ccc(Br)cc1/C=N/NC(=S)Nc1cccc(Cl)c1. The van der Waals surface area contributed by atoms with Crippen LogP contribution in [-0.2, 0) is 0 Å². The van der Waals surface area contributed by atoms with Crippen LogP contribution in [0.5, 0.6) is 5.75 Å². The lowest BCUT2D eigenvalue weighted by atomic mass is 10.1. The van der Waals surface area contributed by atoms with Crippen molar-refractivity contribution in [1.29, 1.82) is 0 Å². The first-order valence-electron chi connectivity index (χ1n) is 8.85. The number of benzene rings is 3. The lowest BCUT2D eigenvalue weighted by molar-refractivity contribution is 0.0733. The molecule has 0 saturated heterocycles. The fraction of sp³-hybridized carbons (Fsp3) is 0.0455. The second-order valence-electron chi connectivity index (χ2n) is 6.22. The summed E-state index contributed by atoms with van der Waals surface area (Å²) in [5.74, 6) is -0.0538. The lowest BCUT2D eigenvalue weighted by Gasteiger charge is -2.10. The average Bonchev–Trinajstić information content (AvgIpc) is 2.70. The van der Waals surface area contributed by atoms with Crippen LogP contribution in [-0.4, -0.2) is 17.3 Å². The molecule has 0 aromatic heterocycles. The second-order valence-corrected chi connectivity index (χ2v) is 7.98. The van der Waals surface area contributed by atoms with E-state index in [1.807, 2.05) is 31.2 Å². The molecule has 5 nitrogen and oxygen atoms in total. The summed E-state index contributed by atoms with van der Waals surface area (Å²) in [6, 6.07) is 19.7. The number of hydrogen-bond acceptors (Lipinski definition) is 4. The van der Waals surface area contributed by atoms with Crippen molar-refractivity contribution >= 4 is 62.7 Å². The van der Waals surface area contributed by atoms with Crippen LogP contribution in [0.2, 0.25) is 5.02 Å². The number of carbonyl (C=O) groups is 1. The van der Waals surface area contributed by atoms with E-state index in [1.165, 1.54) is 6.21 Å². The van der Waals surface area contributed by atoms with Crippen LogP contribution in [0.15, 0.2) is 76.3 Å². The molecule has 0 unspecified atom stereocenters. The molecule has 3 aromatic carbocycles. The first-order valence-corrected chi connectivity index (χ1v) is 10.4. The molecule has 0 aliphatic rings. The molecular weight excluding hydrogens is 486 g/mol. The molecule has 0 saturated carbocycles. The summed E-state index contributed by atoms with van der Waals surface area (Å²) < 4.78 is 6.41. The van der Waals surface area contributed by atoms with Gasteiger partial charge in [0.25, 0.3) is 0 Å². The van der Waals surface area contributed by atoms with Crippen LogP contribution in [0, 0.1) is 6.92 Å². The Morgan fingerprint density at radius 2 is 1.93 bits per heavy atom. The molecule has 3 aromatic rings. The van der Waals surface area contributed by atoms with Crippen molar-refractivity contribution < 1.29 is 9.53 Å². The standard InChI is InChI=1S/C22H17BrClN3O2S/c1-14-5-2-3-8-19(14)21(28)29-20-10-9-16(23)11-15(20)13-25-27-22(30)26-18-7-4-6-17(24)12-18/h2-13H,1H3,(H2,26,27,30)/b25-13+. The van der Waals surface area contributed by atoms with Crippen LogP contribution >= 0.6 is 39.7 Å². The number of thiocarbonyl (C=S) groups is 1. The summed E-state index contributed by atoms with van der Waals surface area (Å²) in [6.07, 6.45) is 1.52. The van der Waals surface area contributed by atoms with E-state index < -0.39 is 5.97 Å². The zero-order valence-electron chi connectivity index (χ0n) is 15.9. The van der Waals surface area contributed by atoms with Crippen LogP contribution in [0.25, 0.3) is 0 Å². The number of aryl methyl sites for hydroxylation is 1. The maximum Gasteiger partial charge on any atom is 0.343 e. The van der Waals surface area contributed by atoms with Crippen molar-refractivity contribution in [3.63, 3.8) is 0 Å². The summed E-state index contributed by atoms with van der Waals surface area (Å²) in [5, 5.41) is 8.01. The number of rotatable bonds is 5. The normalized spacial score (nSPS) is 10.6. The summed E-state index contributed by atoms with van der Waals surface area (Å²) in [6.45, 7) is 1.86. The molecule has 0 amide bonds. The molecule has 0 aliphatic heterocycles. The van der Waals surface area contributed by atoms with Crippen molar-refractivity contribution in [1.82, 2.24) is 5.43 Å². The predicted octanol–water partition coefficient (Wildman–Crippen LogP) is 5.95. The maximum atomic E-state index is 12.5. The zero-order valence-corrected chi connectivity index (χ0v) is 19.0. The number of ether oxygens (including phenoxy) is 1. The molecule has 30 heavy (non-hydrogen) atoms. The Kier molecular flexibility index (Phi) is 7.57. The number of nitrogens with zero attached hydrogens (tertiary/aromatic N) is 1. The highest BCUT2D eigenvalue weighted by molar-refractivity contribution is 9.10. The van der Waals surface area contributed by atoms with E-state index in [-0.39, 0.29) is 0 Å². The fourth-order valence-corrected chi connectivity index (χ4v) is 3.30. The summed E-state index contributed by atoms with van der Waals surface area (Å²) in [7, 11) is 0. The highest BCUT2D eigenvalue weighted by Gasteiger charge is 2.13. The smallest absolute Gasteiger partial charge is 0.343 e. The fourth-order valence-electron chi connectivity index (χ4n) is 2.56. The van der Waals surface area contributed by atoms with Gasteiger partial charge in [0.1, 0.15) is 5.75 Å². The van der Waals surface area contributed by atoms with Crippen LogP contribution in [0.4, 0.5) is 5.69 Å². The summed E-state index contributed by atoms with van der Waals surface area (Å²) in [5.41, 5.74) is 5.42. The van der Waals surface area contributed by atoms with Gasteiger partial charge >= 0.3 is 5.97 Å². The van der Waals surface area contributed by atoms with Gasteiger partial charge in [-0.3, -0.25) is 5.43 Å². The molecule has 0 bridgehead atoms. The molecule has 0 heterocycles. The van der Waals surface area contributed by atoms with Crippen molar-refractivity contribution in [3.05, 3.63) is 92.9 Å². The number of hydrazone groups is 1. The number of carbonyl (C=O) groups excluding carboxylic acids is 1. The molecule has 8 heteroatoms. The van der Waals surface area contributed by atoms with E-state index in [4.69, 9.17) is 28.6 Å². The van der Waals surface area contributed by atoms with Gasteiger partial charge in [0, 0.05) is 20.7 Å². The Hall–Kier alpha value is -2.74. The number of anilines is 1. The lowest BCUT2D eigenvalue weighted by Crippen LogP contribution is -2.23. The Morgan fingerprint density at radius 3 is 2.70 bits per heavy atom. The largest absolute Gasteiger partial charge is 0.422 e. The van der Waals surface area contributed by atoms with Gasteiger partial charge in [0.15, 0.2) is 5.11 Å². The molecule has 0 spiro atoms. The van der Waals surface area contributed by atoms with Crippen LogP contribution in [0.1, 0.15) is 21.5 Å². The number of esters is 1. The molecular formula is C22H17BrClN3O2S. The van der Waals surface area contributed by atoms with Crippen molar-refractivity contribution in [2.45, 2.75) is 6.92 Å². The van der Waals surface area contributed by atoms with E-state index in [1.54, 1.807) is 42.5 Å². The van der Waals surface area contributed by atoms with Gasteiger partial charge in [-0.25, -0.2) is 4.79 Å². The molecule has 0 fully saturated rings. The number of nitrogens with one attached hydrogen (secondary N) is 2. The first kappa shape index (κ1) is 22.0. The van der Waals surface area contributed by atoms with Crippen LogP contribution < -0.4 is 15.5 Å². The molecule has 0 aliphatic carbocycles. The quantitative estimate of drug-likeness (QED) is 0.148. The monoisotopic (exact) mass is 501 g/mol. The van der Waals surface area contributed by atoms with E-state index in [0.29, 0.717) is 27.0 Å². The van der Waals surface area contributed by atoms with Gasteiger partial charge in [-0.1, -0.05) is 51.8 Å². The van der Waals surface area contributed by atoms with Crippen molar-refractivity contribution in [3.8, 4) is 5.75 Å². The predicted molar refractivity (Wildman–Crippen MR) is 129 cm³/mol. The number of halogens is 2. The Morgan fingerprint density at radius 1 is 1.13 bits per heavy atom. The third kappa shape index (κ3) is 6.13. The average molecular weight is 503 g/mol. The topological polar surface area (TPSA) is 62.7 Å². The van der Waals surface area contributed by atoms with Gasteiger partial charge in [-0.2, -0.15) is 5.10 Å². The first-order chi connectivity index (χ1) is 14.4. The maximum absolute atomic E-state index is 12.5. The third-order valence-electron chi connectivity index (χ3n) is 3.99. The third-order valence-corrected chi connectivity index (χ3v) is 4.91. The molecule has 3 rings (SSSR count). The Balaban J connectivity index is 1.69. The zero-order chi connectivity index (χ0) is 21.5. The van der Waals surface area contributed by atoms with E-state index in [9.17, 15) is 4.79 Å². The minimum absolute atomic E-state index is 0.293. The van der Waals surface area contributed by atoms with Gasteiger partial charge in [0.2, 0.25) is 0 Å². The Bertz CT molecular complexity index is 1120. The van der Waals surface area contributed by atoms with Gasteiger partial charge < -0.3 is 10.1 Å².